The van der Waals surface area contributed by atoms with Crippen LogP contribution in [0.5, 0.6) is 0 Å². The summed E-state index contributed by atoms with van der Waals surface area (Å²) in [6.07, 6.45) is 2.15. The van der Waals surface area contributed by atoms with Crippen molar-refractivity contribution in [1.29, 1.82) is 0 Å². The second-order valence-corrected chi connectivity index (χ2v) is 5.18. The molecule has 118 valence electrons. The molecule has 0 saturated heterocycles. The second-order valence-electron chi connectivity index (χ2n) is 5.18. The Balaban J connectivity index is 1.81. The molecule has 0 atom stereocenters. The summed E-state index contributed by atoms with van der Waals surface area (Å²) in [7, 11) is 0. The Hall–Kier alpha value is -2.76. The quantitative estimate of drug-likeness (QED) is 0.518. The predicted octanol–water partition coefficient (Wildman–Crippen LogP) is 3.08. The number of hydrogen-bond acceptors (Lipinski definition) is 3. The van der Waals surface area contributed by atoms with Gasteiger partial charge in [-0.15, -0.1) is 0 Å². The van der Waals surface area contributed by atoms with Crippen LogP contribution >= 0.6 is 0 Å². The third-order valence-electron chi connectivity index (χ3n) is 3.53. The number of carbonyl (C=O) groups excluding carboxylic acids is 1. The molecular formula is C17H14F2N2O2. The Morgan fingerprint density at radius 3 is 2.61 bits per heavy atom. The molecule has 2 aromatic carbocycles. The molecule has 0 aliphatic carbocycles. The summed E-state index contributed by atoms with van der Waals surface area (Å²) in [5.74, 6) is -1.16. The molecule has 0 N–H and O–H groups in total. The fourth-order valence-corrected chi connectivity index (χ4v) is 2.56. The van der Waals surface area contributed by atoms with E-state index in [9.17, 15) is 13.6 Å². The molecule has 0 amide bonds. The van der Waals surface area contributed by atoms with Crippen LogP contribution in [0.4, 0.5) is 8.78 Å². The van der Waals surface area contributed by atoms with Gasteiger partial charge in [0.15, 0.2) is 0 Å². The van der Waals surface area contributed by atoms with Gasteiger partial charge in [-0.2, -0.15) is 5.10 Å². The van der Waals surface area contributed by atoms with E-state index in [1.807, 2.05) is 18.2 Å². The van der Waals surface area contributed by atoms with Crippen molar-refractivity contribution in [3.8, 4) is 0 Å². The second kappa shape index (κ2) is 6.56. The third-order valence-corrected chi connectivity index (χ3v) is 3.53. The average Bonchev–Trinajstić information content (AvgIpc) is 2.89. The fourth-order valence-electron chi connectivity index (χ4n) is 2.56. The van der Waals surface area contributed by atoms with E-state index in [4.69, 9.17) is 0 Å². The molecule has 0 saturated carbocycles. The number of aromatic nitrogens is 2. The standard InChI is InChI=1S/C17H14F2N2O2/c18-15-7-13(8-16(19)9-15)5-12-1-2-17-14(6-12)10-20-21(17)3-4-23-11-22/h1-2,6-11H,3-5H2. The van der Waals surface area contributed by atoms with E-state index in [-0.39, 0.29) is 6.61 Å². The van der Waals surface area contributed by atoms with E-state index < -0.39 is 11.6 Å². The van der Waals surface area contributed by atoms with Gasteiger partial charge in [-0.3, -0.25) is 9.48 Å². The Bertz CT molecular complexity index is 825. The minimum atomic E-state index is -0.580. The molecule has 1 aromatic heterocycles. The molecule has 3 aromatic rings. The summed E-state index contributed by atoms with van der Waals surface area (Å²) in [6, 6.07) is 9.24. The lowest BCUT2D eigenvalue weighted by molar-refractivity contribution is -0.128. The Morgan fingerprint density at radius 1 is 1.09 bits per heavy atom. The van der Waals surface area contributed by atoms with Gasteiger partial charge in [-0.1, -0.05) is 6.07 Å². The van der Waals surface area contributed by atoms with Gasteiger partial charge in [-0.05, 0) is 41.8 Å². The predicted molar refractivity (Wildman–Crippen MR) is 80.9 cm³/mol. The van der Waals surface area contributed by atoms with Crippen LogP contribution in [0.15, 0.2) is 42.6 Å². The van der Waals surface area contributed by atoms with Crippen molar-refractivity contribution in [2.24, 2.45) is 0 Å². The highest BCUT2D eigenvalue weighted by Crippen LogP contribution is 2.19. The van der Waals surface area contributed by atoms with E-state index in [0.29, 0.717) is 25.0 Å². The zero-order valence-electron chi connectivity index (χ0n) is 12.2. The maximum Gasteiger partial charge on any atom is 0.293 e. The van der Waals surface area contributed by atoms with Gasteiger partial charge < -0.3 is 4.74 Å². The monoisotopic (exact) mass is 316 g/mol. The van der Waals surface area contributed by atoms with Crippen molar-refractivity contribution in [3.63, 3.8) is 0 Å². The zero-order chi connectivity index (χ0) is 16.2. The van der Waals surface area contributed by atoms with Gasteiger partial charge >= 0.3 is 0 Å². The number of carbonyl (C=O) groups is 1. The normalized spacial score (nSPS) is 10.9. The molecule has 0 spiro atoms. The summed E-state index contributed by atoms with van der Waals surface area (Å²) in [4.78, 5) is 10.2. The maximum atomic E-state index is 13.2. The number of hydrogen-bond donors (Lipinski definition) is 0. The summed E-state index contributed by atoms with van der Waals surface area (Å²) >= 11 is 0. The van der Waals surface area contributed by atoms with Gasteiger partial charge in [0.2, 0.25) is 0 Å². The van der Waals surface area contributed by atoms with Crippen molar-refractivity contribution in [1.82, 2.24) is 9.78 Å². The summed E-state index contributed by atoms with van der Waals surface area (Å²) in [5.41, 5.74) is 2.42. The molecule has 1 heterocycles. The molecule has 23 heavy (non-hydrogen) atoms. The van der Waals surface area contributed by atoms with Gasteiger partial charge in [0.05, 0.1) is 18.3 Å². The minimum Gasteiger partial charge on any atom is -0.466 e. The molecular weight excluding hydrogens is 302 g/mol. The van der Waals surface area contributed by atoms with Crippen molar-refractivity contribution in [2.45, 2.75) is 13.0 Å². The van der Waals surface area contributed by atoms with Crippen LogP contribution in [0.3, 0.4) is 0 Å². The molecule has 0 radical (unpaired) electrons. The van der Waals surface area contributed by atoms with Crippen molar-refractivity contribution < 1.29 is 18.3 Å². The highest BCUT2D eigenvalue weighted by molar-refractivity contribution is 5.79. The molecule has 4 nitrogen and oxygen atoms in total. The van der Waals surface area contributed by atoms with Crippen LogP contribution in [0.2, 0.25) is 0 Å². The van der Waals surface area contributed by atoms with Gasteiger partial charge in [0.25, 0.3) is 6.47 Å². The highest BCUT2D eigenvalue weighted by Gasteiger charge is 2.06. The Labute approximate surface area is 131 Å². The first kappa shape index (κ1) is 15.1. The SMILES string of the molecule is O=COCCn1ncc2cc(Cc3cc(F)cc(F)c3)ccc21. The third kappa shape index (κ3) is 3.53. The van der Waals surface area contributed by atoms with Crippen LogP contribution in [-0.4, -0.2) is 22.9 Å². The number of benzene rings is 2. The molecule has 0 bridgehead atoms. The van der Waals surface area contributed by atoms with E-state index in [2.05, 4.69) is 9.84 Å². The minimum absolute atomic E-state index is 0.255. The fraction of sp³-hybridized carbons (Fsp3) is 0.176. The van der Waals surface area contributed by atoms with E-state index >= 15 is 0 Å². The Kier molecular flexibility index (Phi) is 4.32. The number of ether oxygens (including phenoxy) is 1. The smallest absolute Gasteiger partial charge is 0.293 e. The number of rotatable bonds is 6. The maximum absolute atomic E-state index is 13.2. The van der Waals surface area contributed by atoms with Gasteiger partial charge in [-0.25, -0.2) is 8.78 Å². The average molecular weight is 316 g/mol. The molecule has 0 fully saturated rings. The van der Waals surface area contributed by atoms with E-state index in [1.54, 1.807) is 10.9 Å². The molecule has 6 heteroatoms. The van der Waals surface area contributed by atoms with Crippen LogP contribution in [0, 0.1) is 11.6 Å². The largest absolute Gasteiger partial charge is 0.466 e. The summed E-state index contributed by atoms with van der Waals surface area (Å²) < 4.78 is 32.9. The van der Waals surface area contributed by atoms with Crippen LogP contribution in [0.1, 0.15) is 11.1 Å². The number of halogens is 2. The van der Waals surface area contributed by atoms with Crippen LogP contribution in [0.25, 0.3) is 10.9 Å². The number of fused-ring (bicyclic) bond motifs is 1. The van der Waals surface area contributed by atoms with E-state index in [1.165, 1.54) is 12.1 Å². The number of nitrogens with zero attached hydrogens (tertiary/aromatic N) is 2. The first-order valence-corrected chi connectivity index (χ1v) is 7.10. The van der Waals surface area contributed by atoms with E-state index in [0.717, 1.165) is 22.5 Å². The van der Waals surface area contributed by atoms with Crippen molar-refractivity contribution in [2.75, 3.05) is 6.61 Å². The molecule has 0 aliphatic rings. The van der Waals surface area contributed by atoms with Gasteiger partial charge in [0, 0.05) is 11.5 Å². The van der Waals surface area contributed by atoms with Crippen molar-refractivity contribution in [3.05, 3.63) is 65.4 Å². The van der Waals surface area contributed by atoms with Gasteiger partial charge in [0.1, 0.15) is 18.2 Å². The van der Waals surface area contributed by atoms with Crippen molar-refractivity contribution >= 4 is 17.4 Å². The summed E-state index contributed by atoms with van der Waals surface area (Å²) in [5, 5.41) is 5.17. The lowest BCUT2D eigenvalue weighted by Crippen LogP contribution is -2.06. The lowest BCUT2D eigenvalue weighted by Gasteiger charge is -2.05. The van der Waals surface area contributed by atoms with Crippen LogP contribution < -0.4 is 0 Å². The summed E-state index contributed by atoms with van der Waals surface area (Å²) in [6.45, 7) is 1.13. The molecule has 0 unspecified atom stereocenters. The zero-order valence-corrected chi connectivity index (χ0v) is 12.2. The first-order valence-electron chi connectivity index (χ1n) is 7.10. The van der Waals surface area contributed by atoms with Crippen LogP contribution in [-0.2, 0) is 22.5 Å². The Morgan fingerprint density at radius 2 is 1.87 bits per heavy atom. The topological polar surface area (TPSA) is 44.1 Å². The lowest BCUT2D eigenvalue weighted by atomic mass is 10.0. The first-order chi connectivity index (χ1) is 11.2. The molecule has 0 aliphatic heterocycles. The molecule has 3 rings (SSSR count). The highest BCUT2D eigenvalue weighted by atomic mass is 19.1.